The number of hydrogen-bond acceptors (Lipinski definition) is 6. The molecule has 1 atom stereocenters. The molecule has 0 saturated carbocycles. The standard InChI is InChI=1S/C21H32ClN3O3/c1-8-21(6,7)14(2)28-19(26)15-9-10-17(25-18(15)22)24-12-11-16(23)27-13-20(3,4)5/h9-12,14H,8,13,23H2,1-7H3/t14-/m1/s1. The number of halogens is 1. The zero-order valence-electron chi connectivity index (χ0n) is 17.9. The first-order valence-electron chi connectivity index (χ1n) is 9.36. The summed E-state index contributed by atoms with van der Waals surface area (Å²) in [4.78, 5) is 20.7. The maximum atomic E-state index is 12.4. The van der Waals surface area contributed by atoms with Gasteiger partial charge in [-0.2, -0.15) is 0 Å². The van der Waals surface area contributed by atoms with E-state index in [2.05, 4.69) is 37.7 Å². The topological polar surface area (TPSA) is 86.8 Å². The van der Waals surface area contributed by atoms with Crippen LogP contribution in [-0.4, -0.2) is 29.9 Å². The van der Waals surface area contributed by atoms with Gasteiger partial charge in [-0.05, 0) is 30.9 Å². The third-order valence-corrected chi connectivity index (χ3v) is 4.76. The zero-order chi connectivity index (χ0) is 21.5. The summed E-state index contributed by atoms with van der Waals surface area (Å²) in [7, 11) is 0. The van der Waals surface area contributed by atoms with E-state index in [0.717, 1.165) is 6.42 Å². The number of aliphatic imine (C=N–C) groups is 1. The van der Waals surface area contributed by atoms with E-state index in [1.165, 1.54) is 12.3 Å². The molecule has 6 nitrogen and oxygen atoms in total. The maximum absolute atomic E-state index is 12.4. The van der Waals surface area contributed by atoms with Crippen molar-refractivity contribution in [2.75, 3.05) is 6.61 Å². The molecule has 0 fully saturated rings. The fourth-order valence-electron chi connectivity index (χ4n) is 1.85. The van der Waals surface area contributed by atoms with Gasteiger partial charge in [-0.15, -0.1) is 0 Å². The highest BCUT2D eigenvalue weighted by Gasteiger charge is 2.28. The van der Waals surface area contributed by atoms with Gasteiger partial charge >= 0.3 is 5.97 Å². The lowest BCUT2D eigenvalue weighted by atomic mass is 9.85. The zero-order valence-corrected chi connectivity index (χ0v) is 18.6. The smallest absolute Gasteiger partial charge is 0.341 e. The van der Waals surface area contributed by atoms with Crippen molar-refractivity contribution in [1.82, 2.24) is 4.98 Å². The van der Waals surface area contributed by atoms with Crippen LogP contribution in [-0.2, 0) is 9.47 Å². The SMILES string of the molecule is CCC(C)(C)[C@@H](C)OC(=O)c1ccc(N=CC=C(N)OCC(C)(C)C)nc1Cl. The van der Waals surface area contributed by atoms with Gasteiger partial charge < -0.3 is 15.2 Å². The molecule has 1 aromatic rings. The molecule has 0 radical (unpaired) electrons. The summed E-state index contributed by atoms with van der Waals surface area (Å²) in [5.74, 6) is 0.114. The van der Waals surface area contributed by atoms with E-state index in [4.69, 9.17) is 26.8 Å². The van der Waals surface area contributed by atoms with E-state index < -0.39 is 5.97 Å². The molecule has 7 heteroatoms. The normalized spacial score (nSPS) is 14.2. The molecule has 0 aliphatic heterocycles. The molecule has 1 aromatic heterocycles. The van der Waals surface area contributed by atoms with Crippen LogP contribution in [0.25, 0.3) is 0 Å². The summed E-state index contributed by atoms with van der Waals surface area (Å²) in [6.07, 6.45) is 3.65. The second-order valence-electron chi connectivity index (χ2n) is 8.59. The van der Waals surface area contributed by atoms with Gasteiger partial charge in [0, 0.05) is 17.7 Å². The lowest BCUT2D eigenvalue weighted by molar-refractivity contribution is -0.00117. The molecule has 156 valence electrons. The number of esters is 1. The van der Waals surface area contributed by atoms with Crippen LogP contribution in [0, 0.1) is 10.8 Å². The van der Waals surface area contributed by atoms with Crippen LogP contribution in [0.3, 0.4) is 0 Å². The molecule has 0 aliphatic carbocycles. The van der Waals surface area contributed by atoms with Gasteiger partial charge in [0.1, 0.15) is 11.3 Å². The maximum Gasteiger partial charge on any atom is 0.341 e. The number of rotatable bonds is 8. The summed E-state index contributed by atoms with van der Waals surface area (Å²) in [6, 6.07) is 3.15. The molecule has 0 aliphatic rings. The van der Waals surface area contributed by atoms with Crippen LogP contribution in [0.1, 0.15) is 65.2 Å². The number of nitrogens with two attached hydrogens (primary N) is 1. The van der Waals surface area contributed by atoms with Crippen LogP contribution in [0.4, 0.5) is 5.82 Å². The number of carbonyl (C=O) groups is 1. The Morgan fingerprint density at radius 1 is 1.32 bits per heavy atom. The number of pyridine rings is 1. The third-order valence-electron chi connectivity index (χ3n) is 4.47. The highest BCUT2D eigenvalue weighted by molar-refractivity contribution is 6.32. The van der Waals surface area contributed by atoms with Crippen molar-refractivity contribution in [1.29, 1.82) is 0 Å². The second kappa shape index (κ2) is 9.92. The van der Waals surface area contributed by atoms with Crippen molar-refractivity contribution in [3.8, 4) is 0 Å². The van der Waals surface area contributed by atoms with Crippen LogP contribution < -0.4 is 5.73 Å². The molecule has 0 amide bonds. The third kappa shape index (κ3) is 7.89. The van der Waals surface area contributed by atoms with E-state index >= 15 is 0 Å². The predicted molar refractivity (Wildman–Crippen MR) is 114 cm³/mol. The molecule has 1 heterocycles. The van der Waals surface area contributed by atoms with Crippen LogP contribution in [0.5, 0.6) is 0 Å². The Balaban J connectivity index is 2.77. The van der Waals surface area contributed by atoms with E-state index in [1.54, 1.807) is 12.1 Å². The molecule has 2 N–H and O–H groups in total. The predicted octanol–water partition coefficient (Wildman–Crippen LogP) is 5.28. The molecule has 0 unspecified atom stereocenters. The van der Waals surface area contributed by atoms with Crippen molar-refractivity contribution >= 4 is 29.6 Å². The van der Waals surface area contributed by atoms with E-state index in [1.807, 2.05) is 20.8 Å². The molecule has 0 spiro atoms. The first-order valence-corrected chi connectivity index (χ1v) is 9.73. The lowest BCUT2D eigenvalue weighted by Crippen LogP contribution is -2.31. The fourth-order valence-corrected chi connectivity index (χ4v) is 2.08. The Hall–Kier alpha value is -2.08. The number of allylic oxidation sites excluding steroid dienone is 1. The van der Waals surface area contributed by atoms with E-state index in [-0.39, 0.29) is 33.5 Å². The average Bonchev–Trinajstić information content (AvgIpc) is 2.59. The number of aromatic nitrogens is 1. The quantitative estimate of drug-likeness (QED) is 0.273. The lowest BCUT2D eigenvalue weighted by Gasteiger charge is -2.30. The molecule has 1 rings (SSSR count). The van der Waals surface area contributed by atoms with Gasteiger partial charge in [0.2, 0.25) is 0 Å². The Labute approximate surface area is 173 Å². The van der Waals surface area contributed by atoms with E-state index in [9.17, 15) is 4.79 Å². The average molecular weight is 410 g/mol. The highest BCUT2D eigenvalue weighted by atomic mass is 35.5. The molecular formula is C21H32ClN3O3. The second-order valence-corrected chi connectivity index (χ2v) is 8.95. The van der Waals surface area contributed by atoms with Gasteiger partial charge in [0.15, 0.2) is 11.7 Å². The van der Waals surface area contributed by atoms with Crippen LogP contribution >= 0.6 is 11.6 Å². The van der Waals surface area contributed by atoms with Crippen molar-refractivity contribution in [3.05, 3.63) is 34.8 Å². The Bertz CT molecular complexity index is 737. The summed E-state index contributed by atoms with van der Waals surface area (Å²) in [5.41, 5.74) is 5.87. The summed E-state index contributed by atoms with van der Waals surface area (Å²) >= 11 is 6.15. The summed E-state index contributed by atoms with van der Waals surface area (Å²) in [6.45, 7) is 14.7. The number of nitrogens with zero attached hydrogens (tertiary/aromatic N) is 2. The molecule has 28 heavy (non-hydrogen) atoms. The largest absolute Gasteiger partial charge is 0.479 e. The van der Waals surface area contributed by atoms with Crippen molar-refractivity contribution in [2.45, 2.75) is 61.0 Å². The molecule has 0 saturated heterocycles. The highest BCUT2D eigenvalue weighted by Crippen LogP contribution is 2.28. The Morgan fingerprint density at radius 3 is 2.50 bits per heavy atom. The van der Waals surface area contributed by atoms with Crippen LogP contribution in [0.15, 0.2) is 29.1 Å². The first kappa shape index (κ1) is 24.0. The van der Waals surface area contributed by atoms with Crippen molar-refractivity contribution < 1.29 is 14.3 Å². The van der Waals surface area contributed by atoms with Gasteiger partial charge in [0.25, 0.3) is 0 Å². The van der Waals surface area contributed by atoms with Gasteiger partial charge in [-0.1, -0.05) is 53.1 Å². The van der Waals surface area contributed by atoms with Crippen LogP contribution in [0.2, 0.25) is 5.15 Å². The Kier molecular flexibility index (Phi) is 8.48. The number of hydrogen-bond donors (Lipinski definition) is 1. The molecule has 0 bridgehead atoms. The molecular weight excluding hydrogens is 378 g/mol. The number of ether oxygens (including phenoxy) is 2. The van der Waals surface area contributed by atoms with Crippen molar-refractivity contribution in [2.24, 2.45) is 21.6 Å². The molecule has 0 aromatic carbocycles. The fraction of sp³-hybridized carbons (Fsp3) is 0.571. The monoisotopic (exact) mass is 409 g/mol. The minimum atomic E-state index is -0.498. The summed E-state index contributed by atoms with van der Waals surface area (Å²) < 4.78 is 11.0. The number of carbonyl (C=O) groups excluding carboxylic acids is 1. The van der Waals surface area contributed by atoms with Gasteiger partial charge in [-0.25, -0.2) is 14.8 Å². The van der Waals surface area contributed by atoms with Gasteiger partial charge in [0.05, 0.1) is 12.2 Å². The summed E-state index contributed by atoms with van der Waals surface area (Å²) in [5, 5.41) is 0.0436. The first-order chi connectivity index (χ1) is 12.9. The van der Waals surface area contributed by atoms with Crippen molar-refractivity contribution in [3.63, 3.8) is 0 Å². The Morgan fingerprint density at radius 2 is 1.96 bits per heavy atom. The van der Waals surface area contributed by atoms with Gasteiger partial charge in [-0.3, -0.25) is 0 Å². The minimum Gasteiger partial charge on any atom is -0.479 e. The van der Waals surface area contributed by atoms with E-state index in [0.29, 0.717) is 12.4 Å². The minimum absolute atomic E-state index is 0.0129.